The maximum absolute atomic E-state index is 9.32. The van der Waals surface area contributed by atoms with Gasteiger partial charge >= 0.3 is 0 Å². The molecule has 1 heterocycles. The van der Waals surface area contributed by atoms with Gasteiger partial charge in [0.2, 0.25) is 0 Å². The molecule has 4 heteroatoms. The van der Waals surface area contributed by atoms with E-state index in [2.05, 4.69) is 24.0 Å². The quantitative estimate of drug-likeness (QED) is 0.811. The first-order valence-electron chi connectivity index (χ1n) is 5.60. The minimum absolute atomic E-state index is 0. The predicted octanol–water partition coefficient (Wildman–Crippen LogP) is 2.31. The summed E-state index contributed by atoms with van der Waals surface area (Å²) in [5, 5.41) is 9.32. The van der Waals surface area contributed by atoms with Crippen LogP contribution >= 0.6 is 12.4 Å². The zero-order valence-electron chi connectivity index (χ0n) is 9.93. The highest BCUT2D eigenvalue weighted by molar-refractivity contribution is 5.85. The van der Waals surface area contributed by atoms with E-state index in [0.717, 1.165) is 31.9 Å². The molecule has 0 bridgehead atoms. The summed E-state index contributed by atoms with van der Waals surface area (Å²) in [6.07, 6.45) is 0. The summed E-state index contributed by atoms with van der Waals surface area (Å²) in [7, 11) is 0. The van der Waals surface area contributed by atoms with Crippen LogP contribution in [0.2, 0.25) is 0 Å². The van der Waals surface area contributed by atoms with Crippen LogP contribution in [0.25, 0.3) is 0 Å². The lowest BCUT2D eigenvalue weighted by Crippen LogP contribution is -2.38. The van der Waals surface area contributed by atoms with Gasteiger partial charge in [0.15, 0.2) is 0 Å². The van der Waals surface area contributed by atoms with Crippen LogP contribution in [0.3, 0.4) is 0 Å². The molecule has 92 valence electrons. The molecule has 1 aromatic rings. The number of ether oxygens (including phenoxy) is 1. The third kappa shape index (κ3) is 3.19. The molecular weight excluding hydrogens is 236 g/mol. The summed E-state index contributed by atoms with van der Waals surface area (Å²) in [5.41, 5.74) is 2.30. The number of nitrogens with zero attached hydrogens (tertiary/aromatic N) is 2. The Morgan fingerprint density at radius 2 is 1.94 bits per heavy atom. The van der Waals surface area contributed by atoms with Crippen molar-refractivity contribution >= 4 is 12.4 Å². The van der Waals surface area contributed by atoms with Crippen LogP contribution in [0, 0.1) is 18.3 Å². The number of morpholine rings is 1. The molecule has 3 nitrogen and oxygen atoms in total. The molecule has 1 aliphatic heterocycles. The van der Waals surface area contributed by atoms with E-state index in [0.29, 0.717) is 0 Å². The van der Waals surface area contributed by atoms with Crippen molar-refractivity contribution in [3.63, 3.8) is 0 Å². The van der Waals surface area contributed by atoms with Crippen molar-refractivity contribution in [2.75, 3.05) is 26.3 Å². The fourth-order valence-electron chi connectivity index (χ4n) is 2.08. The van der Waals surface area contributed by atoms with Gasteiger partial charge in [-0.3, -0.25) is 4.90 Å². The van der Waals surface area contributed by atoms with Gasteiger partial charge in [0.1, 0.15) is 6.04 Å². The summed E-state index contributed by atoms with van der Waals surface area (Å²) in [6, 6.07) is 10.4. The van der Waals surface area contributed by atoms with Crippen LogP contribution in [0.5, 0.6) is 0 Å². The van der Waals surface area contributed by atoms with Gasteiger partial charge in [-0.05, 0) is 18.1 Å². The molecule has 0 N–H and O–H groups in total. The zero-order chi connectivity index (χ0) is 11.4. The largest absolute Gasteiger partial charge is 0.379 e. The molecule has 1 atom stereocenters. The van der Waals surface area contributed by atoms with E-state index in [4.69, 9.17) is 4.74 Å². The van der Waals surface area contributed by atoms with E-state index < -0.39 is 0 Å². The normalized spacial score (nSPS) is 17.9. The highest BCUT2D eigenvalue weighted by Gasteiger charge is 2.22. The first-order valence-corrected chi connectivity index (χ1v) is 5.60. The van der Waals surface area contributed by atoms with Gasteiger partial charge in [0.25, 0.3) is 0 Å². The van der Waals surface area contributed by atoms with Crippen LogP contribution in [0.4, 0.5) is 0 Å². The van der Waals surface area contributed by atoms with Crippen molar-refractivity contribution in [2.45, 2.75) is 13.0 Å². The van der Waals surface area contributed by atoms with Gasteiger partial charge in [-0.25, -0.2) is 0 Å². The maximum Gasteiger partial charge on any atom is 0.124 e. The highest BCUT2D eigenvalue weighted by Crippen LogP contribution is 2.23. The molecule has 0 aromatic heterocycles. The van der Waals surface area contributed by atoms with Crippen molar-refractivity contribution in [1.29, 1.82) is 5.26 Å². The second kappa shape index (κ2) is 6.61. The monoisotopic (exact) mass is 252 g/mol. The molecule has 1 unspecified atom stereocenters. The number of hydrogen-bond donors (Lipinski definition) is 0. The molecule has 0 amide bonds. The van der Waals surface area contributed by atoms with Crippen molar-refractivity contribution in [2.24, 2.45) is 0 Å². The SMILES string of the molecule is Cc1ccccc1C(C#N)N1CCOCC1.Cl. The number of rotatable bonds is 2. The summed E-state index contributed by atoms with van der Waals surface area (Å²) in [6.45, 7) is 5.19. The number of nitriles is 1. The Kier molecular flexibility index (Phi) is 5.43. The lowest BCUT2D eigenvalue weighted by molar-refractivity contribution is 0.0265. The van der Waals surface area contributed by atoms with Crippen molar-refractivity contribution < 1.29 is 4.74 Å². The molecular formula is C13H17ClN2O. The molecule has 1 fully saturated rings. The van der Waals surface area contributed by atoms with Crippen LogP contribution < -0.4 is 0 Å². The standard InChI is InChI=1S/C13H16N2O.ClH/c1-11-4-2-3-5-12(11)13(10-14)15-6-8-16-9-7-15;/h2-5,13H,6-9H2,1H3;1H. The van der Waals surface area contributed by atoms with Gasteiger partial charge in [0.05, 0.1) is 19.3 Å². The van der Waals surface area contributed by atoms with Crippen LogP contribution in [-0.4, -0.2) is 31.2 Å². The maximum atomic E-state index is 9.32. The summed E-state index contributed by atoms with van der Waals surface area (Å²) < 4.78 is 5.31. The Balaban J connectivity index is 0.00000144. The average molecular weight is 253 g/mol. The number of hydrogen-bond acceptors (Lipinski definition) is 3. The Bertz CT molecular complexity index is 397. The van der Waals surface area contributed by atoms with Gasteiger partial charge in [-0.1, -0.05) is 24.3 Å². The number of benzene rings is 1. The first kappa shape index (κ1) is 14.0. The Morgan fingerprint density at radius 3 is 2.53 bits per heavy atom. The van der Waals surface area contributed by atoms with Crippen LogP contribution in [0.15, 0.2) is 24.3 Å². The molecule has 0 aliphatic carbocycles. The summed E-state index contributed by atoms with van der Waals surface area (Å²) in [4.78, 5) is 2.19. The van der Waals surface area contributed by atoms with E-state index in [-0.39, 0.29) is 18.4 Å². The predicted molar refractivity (Wildman–Crippen MR) is 69.2 cm³/mol. The van der Waals surface area contributed by atoms with Gasteiger partial charge < -0.3 is 4.74 Å². The lowest BCUT2D eigenvalue weighted by atomic mass is 10.0. The summed E-state index contributed by atoms with van der Waals surface area (Å²) in [5.74, 6) is 0. The van der Waals surface area contributed by atoms with E-state index >= 15 is 0 Å². The Labute approximate surface area is 108 Å². The van der Waals surface area contributed by atoms with E-state index in [1.54, 1.807) is 0 Å². The molecule has 0 saturated carbocycles. The molecule has 0 radical (unpaired) electrons. The lowest BCUT2D eigenvalue weighted by Gasteiger charge is -2.31. The van der Waals surface area contributed by atoms with Crippen molar-refractivity contribution in [3.05, 3.63) is 35.4 Å². The third-order valence-corrected chi connectivity index (χ3v) is 3.02. The topological polar surface area (TPSA) is 36.3 Å². The van der Waals surface area contributed by atoms with E-state index in [1.165, 1.54) is 5.56 Å². The van der Waals surface area contributed by atoms with Gasteiger partial charge in [-0.15, -0.1) is 12.4 Å². The number of halogens is 1. The van der Waals surface area contributed by atoms with Gasteiger partial charge in [0, 0.05) is 13.1 Å². The van der Waals surface area contributed by atoms with E-state index in [9.17, 15) is 5.26 Å². The molecule has 1 saturated heterocycles. The van der Waals surface area contributed by atoms with Crippen molar-refractivity contribution in [3.8, 4) is 6.07 Å². The molecule has 1 aromatic carbocycles. The zero-order valence-corrected chi connectivity index (χ0v) is 10.7. The minimum atomic E-state index is -0.134. The Morgan fingerprint density at radius 1 is 1.29 bits per heavy atom. The van der Waals surface area contributed by atoms with Crippen LogP contribution in [0.1, 0.15) is 17.2 Å². The minimum Gasteiger partial charge on any atom is -0.379 e. The third-order valence-electron chi connectivity index (χ3n) is 3.02. The number of aryl methyl sites for hydroxylation is 1. The molecule has 0 spiro atoms. The second-order valence-corrected chi connectivity index (χ2v) is 4.04. The molecule has 17 heavy (non-hydrogen) atoms. The fraction of sp³-hybridized carbons (Fsp3) is 0.462. The van der Waals surface area contributed by atoms with Crippen molar-refractivity contribution in [1.82, 2.24) is 4.90 Å². The van der Waals surface area contributed by atoms with Gasteiger partial charge in [-0.2, -0.15) is 5.26 Å². The fourth-order valence-corrected chi connectivity index (χ4v) is 2.08. The Hall–Kier alpha value is -1.08. The average Bonchev–Trinajstić information content (AvgIpc) is 2.34. The smallest absolute Gasteiger partial charge is 0.124 e. The molecule has 1 aliphatic rings. The van der Waals surface area contributed by atoms with E-state index in [1.807, 2.05) is 18.2 Å². The second-order valence-electron chi connectivity index (χ2n) is 4.04. The first-order chi connectivity index (χ1) is 7.83. The highest BCUT2D eigenvalue weighted by atomic mass is 35.5. The van der Waals surface area contributed by atoms with Crippen LogP contribution in [-0.2, 0) is 4.74 Å². The summed E-state index contributed by atoms with van der Waals surface area (Å²) >= 11 is 0. The molecule has 2 rings (SSSR count).